The lowest BCUT2D eigenvalue weighted by Crippen LogP contribution is -2.51. The van der Waals surface area contributed by atoms with Crippen LogP contribution in [0.3, 0.4) is 0 Å². The van der Waals surface area contributed by atoms with Crippen LogP contribution in [-0.4, -0.2) is 36.1 Å². The van der Waals surface area contributed by atoms with E-state index in [-0.39, 0.29) is 16.8 Å². The quantitative estimate of drug-likeness (QED) is 0.372. The van der Waals surface area contributed by atoms with Crippen LogP contribution >= 0.6 is 15.9 Å². The number of halogens is 1. The summed E-state index contributed by atoms with van der Waals surface area (Å²) in [5.41, 5.74) is -0.846. The van der Waals surface area contributed by atoms with E-state index in [0.717, 1.165) is 9.37 Å². The second-order valence-corrected chi connectivity index (χ2v) is 9.63. The number of carbonyl (C=O) groups is 4. The van der Waals surface area contributed by atoms with E-state index in [1.807, 2.05) is 0 Å². The van der Waals surface area contributed by atoms with Gasteiger partial charge in [-0.1, -0.05) is 64.5 Å². The van der Waals surface area contributed by atoms with Crippen molar-refractivity contribution in [3.63, 3.8) is 0 Å². The fraction of sp³-hybridized carbons (Fsp3) is 0.185. The van der Waals surface area contributed by atoms with Crippen molar-refractivity contribution in [2.24, 2.45) is 11.8 Å². The summed E-state index contributed by atoms with van der Waals surface area (Å²) in [6, 6.07) is 20.2. The lowest BCUT2D eigenvalue weighted by molar-refractivity contribution is -0.127. The molecule has 1 aliphatic carbocycles. The van der Waals surface area contributed by atoms with Crippen molar-refractivity contribution in [1.82, 2.24) is 0 Å². The van der Waals surface area contributed by atoms with Crippen molar-refractivity contribution < 1.29 is 28.7 Å². The molecule has 35 heavy (non-hydrogen) atoms. The maximum atomic E-state index is 14.0. The van der Waals surface area contributed by atoms with Crippen LogP contribution in [0.25, 0.3) is 0 Å². The number of benzene rings is 3. The summed E-state index contributed by atoms with van der Waals surface area (Å²) < 4.78 is 12.5. The normalized spacial score (nSPS) is 24.3. The number of carbonyl (C=O) groups excluding carboxylic acids is 4. The van der Waals surface area contributed by atoms with Crippen LogP contribution in [-0.2, 0) is 14.3 Å². The number of rotatable bonds is 3. The molecule has 174 valence electrons. The number of Topliss-reactive ketones (excluding diaryl/α,β-unsaturated/α-hetero) is 2. The Morgan fingerprint density at radius 3 is 2.06 bits per heavy atom. The molecule has 3 aliphatic rings. The van der Waals surface area contributed by atoms with Gasteiger partial charge in [0, 0.05) is 15.6 Å². The average Bonchev–Trinajstić information content (AvgIpc) is 3.44. The van der Waals surface area contributed by atoms with E-state index < -0.39 is 46.9 Å². The average molecular weight is 532 g/mol. The monoisotopic (exact) mass is 531 g/mol. The van der Waals surface area contributed by atoms with Gasteiger partial charge in [-0.25, -0.2) is 4.90 Å². The minimum Gasteiger partial charge on any atom is -0.495 e. The Morgan fingerprint density at radius 2 is 1.43 bits per heavy atom. The van der Waals surface area contributed by atoms with Gasteiger partial charge in [0.15, 0.2) is 0 Å². The highest BCUT2D eigenvalue weighted by Gasteiger charge is 2.74. The van der Waals surface area contributed by atoms with Crippen LogP contribution in [0.1, 0.15) is 32.4 Å². The van der Waals surface area contributed by atoms with Crippen LogP contribution in [0.15, 0.2) is 77.3 Å². The molecule has 2 heterocycles. The van der Waals surface area contributed by atoms with Gasteiger partial charge in [-0.05, 0) is 29.8 Å². The third-order valence-corrected chi connectivity index (χ3v) is 7.57. The number of fused-ring (bicyclic) bond motifs is 3. The Bertz CT molecular complexity index is 1400. The molecule has 6 rings (SSSR count). The molecule has 2 fully saturated rings. The summed E-state index contributed by atoms with van der Waals surface area (Å²) in [4.78, 5) is 56.4. The molecule has 3 atom stereocenters. The van der Waals surface area contributed by atoms with Crippen molar-refractivity contribution in [2.45, 2.75) is 11.7 Å². The van der Waals surface area contributed by atoms with Gasteiger partial charge in [-0.2, -0.15) is 0 Å². The smallest absolute Gasteiger partial charge is 0.241 e. The summed E-state index contributed by atoms with van der Waals surface area (Å²) >= 11 is 3.39. The van der Waals surface area contributed by atoms with Crippen molar-refractivity contribution in [1.29, 1.82) is 0 Å². The van der Waals surface area contributed by atoms with Crippen LogP contribution in [0.2, 0.25) is 0 Å². The maximum absolute atomic E-state index is 14.0. The number of ketones is 2. The van der Waals surface area contributed by atoms with Gasteiger partial charge in [-0.15, -0.1) is 0 Å². The number of amides is 2. The first-order valence-corrected chi connectivity index (χ1v) is 11.8. The molecule has 7 nitrogen and oxygen atoms in total. The minimum absolute atomic E-state index is 0.198. The van der Waals surface area contributed by atoms with E-state index in [2.05, 4.69) is 15.9 Å². The lowest BCUT2D eigenvalue weighted by Gasteiger charge is -2.27. The predicted octanol–water partition coefficient (Wildman–Crippen LogP) is 4.15. The molecule has 3 aromatic carbocycles. The Balaban J connectivity index is 1.55. The highest BCUT2D eigenvalue weighted by Crippen LogP contribution is 2.58. The Morgan fingerprint density at radius 1 is 0.829 bits per heavy atom. The fourth-order valence-corrected chi connectivity index (χ4v) is 5.79. The number of anilines is 1. The number of para-hydroxylation sites is 2. The Labute approximate surface area is 208 Å². The van der Waals surface area contributed by atoms with Crippen LogP contribution in [0, 0.1) is 11.8 Å². The molecule has 0 bridgehead atoms. The number of nitrogens with zero attached hydrogens (tertiary/aromatic N) is 1. The lowest BCUT2D eigenvalue weighted by atomic mass is 9.77. The summed E-state index contributed by atoms with van der Waals surface area (Å²) in [7, 11) is 1.45. The number of hydrogen-bond donors (Lipinski definition) is 0. The highest BCUT2D eigenvalue weighted by molar-refractivity contribution is 9.10. The molecule has 0 radical (unpaired) electrons. The molecule has 0 saturated carbocycles. The first-order chi connectivity index (χ1) is 16.9. The number of methoxy groups -OCH3 is 1. The van der Waals surface area contributed by atoms with Gasteiger partial charge in [0.25, 0.3) is 0 Å². The third-order valence-electron chi connectivity index (χ3n) is 7.04. The second-order valence-electron chi connectivity index (χ2n) is 8.72. The van der Waals surface area contributed by atoms with Crippen LogP contribution in [0.4, 0.5) is 5.69 Å². The zero-order chi connectivity index (χ0) is 24.5. The van der Waals surface area contributed by atoms with E-state index in [1.54, 1.807) is 72.8 Å². The van der Waals surface area contributed by atoms with Crippen LogP contribution < -0.4 is 9.64 Å². The molecular formula is C27H18BrNO6. The predicted molar refractivity (Wildman–Crippen MR) is 128 cm³/mol. The molecule has 3 aromatic rings. The first kappa shape index (κ1) is 21.9. The molecule has 1 spiro atoms. The van der Waals surface area contributed by atoms with Gasteiger partial charge in [-0.3, -0.25) is 19.2 Å². The van der Waals surface area contributed by atoms with Gasteiger partial charge < -0.3 is 9.47 Å². The highest BCUT2D eigenvalue weighted by atomic mass is 79.9. The van der Waals surface area contributed by atoms with Crippen LogP contribution in [0.5, 0.6) is 5.75 Å². The fourth-order valence-electron chi connectivity index (χ4n) is 5.52. The van der Waals surface area contributed by atoms with E-state index in [9.17, 15) is 19.2 Å². The second kappa shape index (κ2) is 7.69. The van der Waals surface area contributed by atoms with Gasteiger partial charge >= 0.3 is 0 Å². The summed E-state index contributed by atoms with van der Waals surface area (Å²) in [6.07, 6.45) is -0.966. The summed E-state index contributed by atoms with van der Waals surface area (Å²) in [5.74, 6) is -4.40. The van der Waals surface area contributed by atoms with E-state index in [0.29, 0.717) is 11.3 Å². The number of imide groups is 1. The zero-order valence-electron chi connectivity index (χ0n) is 18.4. The van der Waals surface area contributed by atoms with Crippen molar-refractivity contribution in [2.75, 3.05) is 12.0 Å². The maximum Gasteiger partial charge on any atom is 0.241 e. The SMILES string of the molecule is COc1ccccc1N1C(=O)[C@@H]2[C@@H](c3ccc(Br)cc3)OC3(C(=O)c4ccccc4C3=O)[C@H]2C1=O. The molecule has 2 saturated heterocycles. The van der Waals surface area contributed by atoms with E-state index in [4.69, 9.17) is 9.47 Å². The molecule has 0 N–H and O–H groups in total. The van der Waals surface area contributed by atoms with Gasteiger partial charge in [0.1, 0.15) is 5.75 Å². The van der Waals surface area contributed by atoms with E-state index >= 15 is 0 Å². The minimum atomic E-state index is -2.10. The zero-order valence-corrected chi connectivity index (χ0v) is 20.0. The molecule has 8 heteroatoms. The number of ether oxygens (including phenoxy) is 2. The van der Waals surface area contributed by atoms with Gasteiger partial charge in [0.05, 0.1) is 30.7 Å². The Kier molecular flexibility index (Phi) is 4.81. The third kappa shape index (κ3) is 2.81. The van der Waals surface area contributed by atoms with Gasteiger partial charge in [0.2, 0.25) is 29.0 Å². The standard InChI is InChI=1S/C27H18BrNO6/c1-34-19-9-5-4-8-18(19)29-25(32)20-21(26(29)33)27(35-22(20)14-10-12-15(28)13-11-14)23(30)16-6-2-3-7-17(16)24(27)31/h2-13,20-22H,1H3/t20-,21+,22+/m0/s1. The largest absolute Gasteiger partial charge is 0.495 e. The molecule has 0 unspecified atom stereocenters. The van der Waals surface area contributed by atoms with Crippen molar-refractivity contribution in [3.8, 4) is 5.75 Å². The molecule has 2 amide bonds. The van der Waals surface area contributed by atoms with Crippen molar-refractivity contribution in [3.05, 3.63) is 94.0 Å². The molecule has 2 aliphatic heterocycles. The Hall–Kier alpha value is -3.62. The number of hydrogen-bond acceptors (Lipinski definition) is 6. The molecule has 0 aromatic heterocycles. The van der Waals surface area contributed by atoms with E-state index in [1.165, 1.54) is 7.11 Å². The summed E-state index contributed by atoms with van der Waals surface area (Å²) in [5, 5.41) is 0. The first-order valence-electron chi connectivity index (χ1n) is 11.0. The topological polar surface area (TPSA) is 90.0 Å². The molecular weight excluding hydrogens is 514 g/mol. The summed E-state index contributed by atoms with van der Waals surface area (Å²) in [6.45, 7) is 0. The van der Waals surface area contributed by atoms with Crippen molar-refractivity contribution >= 4 is 45.0 Å².